The highest BCUT2D eigenvalue weighted by Crippen LogP contribution is 2.42. The minimum absolute atomic E-state index is 0.0293. The number of aryl methyl sites for hydroxylation is 2. The van der Waals surface area contributed by atoms with E-state index in [0.717, 1.165) is 28.5 Å². The Morgan fingerprint density at radius 1 is 1.04 bits per heavy atom. The van der Waals surface area contributed by atoms with Crippen molar-refractivity contribution in [2.75, 3.05) is 13.7 Å². The Morgan fingerprint density at radius 3 is 2.22 bits per heavy atom. The van der Waals surface area contributed by atoms with Gasteiger partial charge in [0, 0.05) is 31.0 Å². The molecule has 0 bridgehead atoms. The zero-order valence-corrected chi connectivity index (χ0v) is 15.4. The minimum atomic E-state index is -0.0392. The summed E-state index contributed by atoms with van der Waals surface area (Å²) in [7, 11) is 1.67. The van der Waals surface area contributed by atoms with Gasteiger partial charge in [0.2, 0.25) is 0 Å². The topological polar surface area (TPSA) is 156 Å². The fourth-order valence-electron chi connectivity index (χ4n) is 3.25. The first-order chi connectivity index (χ1) is 12.9. The van der Waals surface area contributed by atoms with E-state index in [4.69, 9.17) is 32.7 Å². The summed E-state index contributed by atoms with van der Waals surface area (Å²) >= 11 is 0. The highest BCUT2D eigenvalue weighted by Gasteiger charge is 2.20. The number of nitrogens with zero attached hydrogens (tertiary/aromatic N) is 4. The summed E-state index contributed by atoms with van der Waals surface area (Å²) in [6.45, 7) is 3.25. The lowest BCUT2D eigenvalue weighted by Crippen LogP contribution is -2.22. The molecule has 0 aliphatic carbocycles. The number of ether oxygens (including phenoxy) is 1. The Hall–Kier alpha value is -3.33. The first kappa shape index (κ1) is 18.5. The average Bonchev–Trinajstić information content (AvgIpc) is 2.94. The van der Waals surface area contributed by atoms with Crippen LogP contribution in [0.2, 0.25) is 0 Å². The van der Waals surface area contributed by atoms with Crippen LogP contribution in [0.1, 0.15) is 12.2 Å². The monoisotopic (exact) mass is 368 g/mol. The van der Waals surface area contributed by atoms with Crippen LogP contribution in [0.25, 0.3) is 21.8 Å². The highest BCUT2D eigenvalue weighted by atomic mass is 16.5. The van der Waals surface area contributed by atoms with Crippen LogP contribution in [0.3, 0.4) is 0 Å². The van der Waals surface area contributed by atoms with Crippen LogP contribution in [-0.4, -0.2) is 35.2 Å². The van der Waals surface area contributed by atoms with E-state index in [-0.39, 0.29) is 11.9 Å². The Morgan fingerprint density at radius 2 is 1.63 bits per heavy atom. The minimum Gasteiger partial charge on any atom is -0.385 e. The van der Waals surface area contributed by atoms with E-state index in [1.165, 1.54) is 0 Å². The van der Waals surface area contributed by atoms with Gasteiger partial charge in [-0.1, -0.05) is 24.3 Å². The molecule has 9 heteroatoms. The number of guanidine groups is 2. The van der Waals surface area contributed by atoms with Crippen LogP contribution >= 0.6 is 0 Å². The SMILES string of the molecule is COCCCn1c(C)nc2c(N=C(N)N)c3ccccc3c(N=C(N)N)c21. The van der Waals surface area contributed by atoms with E-state index < -0.39 is 0 Å². The predicted molar refractivity (Wildman–Crippen MR) is 109 cm³/mol. The molecule has 0 radical (unpaired) electrons. The van der Waals surface area contributed by atoms with Gasteiger partial charge in [-0.2, -0.15) is 0 Å². The maximum absolute atomic E-state index is 5.71. The Bertz CT molecular complexity index is 1040. The largest absolute Gasteiger partial charge is 0.385 e. The number of aromatic nitrogens is 2. The molecule has 3 rings (SSSR count). The second-order valence-corrected chi connectivity index (χ2v) is 6.17. The van der Waals surface area contributed by atoms with Gasteiger partial charge >= 0.3 is 0 Å². The van der Waals surface area contributed by atoms with Crippen LogP contribution < -0.4 is 22.9 Å². The number of methoxy groups -OCH3 is 1. The molecule has 1 heterocycles. The molecular weight excluding hydrogens is 344 g/mol. The second-order valence-electron chi connectivity index (χ2n) is 6.17. The molecule has 3 aromatic rings. The molecule has 0 amide bonds. The molecule has 1 aromatic heterocycles. The summed E-state index contributed by atoms with van der Waals surface area (Å²) in [5, 5.41) is 1.66. The summed E-state index contributed by atoms with van der Waals surface area (Å²) in [6, 6.07) is 7.67. The maximum Gasteiger partial charge on any atom is 0.191 e. The van der Waals surface area contributed by atoms with Crippen molar-refractivity contribution in [3.05, 3.63) is 30.1 Å². The lowest BCUT2D eigenvalue weighted by Gasteiger charge is -2.12. The van der Waals surface area contributed by atoms with Crippen LogP contribution in [0.5, 0.6) is 0 Å². The van der Waals surface area contributed by atoms with Gasteiger partial charge in [-0.3, -0.25) is 0 Å². The zero-order valence-electron chi connectivity index (χ0n) is 15.4. The number of hydrogen-bond acceptors (Lipinski definition) is 4. The lowest BCUT2D eigenvalue weighted by atomic mass is 10.0. The fraction of sp³-hybridized carbons (Fsp3) is 0.278. The molecule has 0 saturated carbocycles. The Kier molecular flexibility index (Phi) is 5.13. The van der Waals surface area contributed by atoms with Crippen molar-refractivity contribution < 1.29 is 4.74 Å². The van der Waals surface area contributed by atoms with Gasteiger partial charge in [-0.25, -0.2) is 15.0 Å². The summed E-state index contributed by atoms with van der Waals surface area (Å²) in [5.41, 5.74) is 25.5. The van der Waals surface area contributed by atoms with E-state index in [9.17, 15) is 0 Å². The second kappa shape index (κ2) is 7.50. The normalized spacial score (nSPS) is 11.0. The van der Waals surface area contributed by atoms with Gasteiger partial charge in [0.15, 0.2) is 11.9 Å². The third-order valence-corrected chi connectivity index (χ3v) is 4.26. The summed E-state index contributed by atoms with van der Waals surface area (Å²) in [6.07, 6.45) is 0.814. The van der Waals surface area contributed by atoms with E-state index in [1.54, 1.807) is 7.11 Å². The number of fused-ring (bicyclic) bond motifs is 2. The third-order valence-electron chi connectivity index (χ3n) is 4.26. The summed E-state index contributed by atoms with van der Waals surface area (Å²) in [5.74, 6) is 0.747. The summed E-state index contributed by atoms with van der Waals surface area (Å²) < 4.78 is 7.24. The third kappa shape index (κ3) is 3.49. The van der Waals surface area contributed by atoms with Crippen molar-refractivity contribution >= 4 is 45.1 Å². The van der Waals surface area contributed by atoms with Gasteiger partial charge in [-0.15, -0.1) is 0 Å². The fourth-order valence-corrected chi connectivity index (χ4v) is 3.25. The van der Waals surface area contributed by atoms with Gasteiger partial charge in [0.1, 0.15) is 22.7 Å². The van der Waals surface area contributed by atoms with Crippen molar-refractivity contribution in [2.24, 2.45) is 32.9 Å². The van der Waals surface area contributed by atoms with Crippen molar-refractivity contribution in [3.63, 3.8) is 0 Å². The molecule has 2 aromatic carbocycles. The molecule has 142 valence electrons. The van der Waals surface area contributed by atoms with Gasteiger partial charge in [0.25, 0.3) is 0 Å². The number of imidazole rings is 1. The summed E-state index contributed by atoms with van der Waals surface area (Å²) in [4.78, 5) is 13.5. The van der Waals surface area contributed by atoms with Crippen LogP contribution in [0.15, 0.2) is 34.3 Å². The molecule has 9 nitrogen and oxygen atoms in total. The molecule has 8 N–H and O–H groups in total. The van der Waals surface area contributed by atoms with Crippen molar-refractivity contribution in [1.29, 1.82) is 0 Å². The van der Waals surface area contributed by atoms with Crippen LogP contribution in [0.4, 0.5) is 11.4 Å². The number of benzene rings is 2. The van der Waals surface area contributed by atoms with Gasteiger partial charge < -0.3 is 32.2 Å². The highest BCUT2D eigenvalue weighted by molar-refractivity contribution is 6.17. The Labute approximate surface area is 156 Å². The smallest absolute Gasteiger partial charge is 0.191 e. The Balaban J connectivity index is 2.46. The van der Waals surface area contributed by atoms with Crippen molar-refractivity contribution in [1.82, 2.24) is 9.55 Å². The van der Waals surface area contributed by atoms with E-state index in [0.29, 0.717) is 30.0 Å². The molecule has 0 fully saturated rings. The van der Waals surface area contributed by atoms with Gasteiger partial charge in [-0.05, 0) is 13.3 Å². The zero-order chi connectivity index (χ0) is 19.6. The van der Waals surface area contributed by atoms with E-state index in [2.05, 4.69) is 14.6 Å². The quantitative estimate of drug-likeness (QED) is 0.292. The molecule has 0 atom stereocenters. The number of hydrogen-bond donors (Lipinski definition) is 4. The van der Waals surface area contributed by atoms with Crippen LogP contribution in [-0.2, 0) is 11.3 Å². The molecular formula is C18H24N8O. The molecule has 0 aliphatic heterocycles. The van der Waals surface area contributed by atoms with Crippen molar-refractivity contribution in [2.45, 2.75) is 19.9 Å². The number of rotatable bonds is 6. The number of aliphatic imine (C=N–C) groups is 2. The van der Waals surface area contributed by atoms with Crippen LogP contribution in [0, 0.1) is 6.92 Å². The molecule has 0 saturated heterocycles. The van der Waals surface area contributed by atoms with E-state index in [1.807, 2.05) is 31.2 Å². The standard InChI is InChI=1S/C18H24N8O/c1-10-23-15-13(24-17(19)20)11-6-3-4-7-12(11)14(25-18(21)22)16(15)26(10)8-5-9-27-2/h3-4,6-7H,5,8-9H2,1-2H3,(H4,19,20,24)(H4,21,22,25). The molecule has 0 aliphatic rings. The molecule has 0 unspecified atom stereocenters. The van der Waals surface area contributed by atoms with Crippen molar-refractivity contribution in [3.8, 4) is 0 Å². The first-order valence-electron chi connectivity index (χ1n) is 8.53. The molecule has 27 heavy (non-hydrogen) atoms. The maximum atomic E-state index is 5.71. The van der Waals surface area contributed by atoms with Gasteiger partial charge in [0.05, 0.1) is 5.52 Å². The van der Waals surface area contributed by atoms with E-state index >= 15 is 0 Å². The predicted octanol–water partition coefficient (Wildman–Crippen LogP) is 1.34. The average molecular weight is 368 g/mol. The number of nitrogens with two attached hydrogens (primary N) is 4. The first-order valence-corrected chi connectivity index (χ1v) is 8.53. The lowest BCUT2D eigenvalue weighted by molar-refractivity contribution is 0.190. The molecule has 0 spiro atoms.